The van der Waals surface area contributed by atoms with Gasteiger partial charge in [0.25, 0.3) is 0 Å². The molecule has 1 saturated heterocycles. The molecule has 84 valence electrons. The molecule has 1 aliphatic heterocycles. The second-order valence-electron chi connectivity index (χ2n) is 3.91. The minimum Gasteiger partial charge on any atom is -0.396 e. The molecule has 1 aliphatic rings. The van der Waals surface area contributed by atoms with Crippen LogP contribution in [0.2, 0.25) is 0 Å². The molecule has 5 heteroatoms. The molecular formula is C10H18N4O. The maximum Gasteiger partial charge on any atom is 0.0866 e. The van der Waals surface area contributed by atoms with Crippen LogP contribution in [0.1, 0.15) is 5.69 Å². The van der Waals surface area contributed by atoms with E-state index < -0.39 is 0 Å². The number of aromatic nitrogens is 2. The number of hydrogen-bond donors (Lipinski definition) is 1. The molecule has 0 aromatic carbocycles. The molecule has 0 atom stereocenters. The fourth-order valence-corrected chi connectivity index (χ4v) is 1.84. The number of ether oxygens (including phenoxy) is 1. The van der Waals surface area contributed by atoms with Gasteiger partial charge in [0, 0.05) is 39.3 Å². The first kappa shape index (κ1) is 10.4. The quantitative estimate of drug-likeness (QED) is 0.755. The summed E-state index contributed by atoms with van der Waals surface area (Å²) in [5, 5.41) is 4.33. The van der Waals surface area contributed by atoms with Gasteiger partial charge < -0.3 is 10.5 Å². The second kappa shape index (κ2) is 4.63. The third kappa shape index (κ3) is 2.70. The van der Waals surface area contributed by atoms with Gasteiger partial charge in [0.1, 0.15) is 0 Å². The van der Waals surface area contributed by atoms with Gasteiger partial charge >= 0.3 is 0 Å². The van der Waals surface area contributed by atoms with Crippen molar-refractivity contribution in [3.63, 3.8) is 0 Å². The van der Waals surface area contributed by atoms with E-state index >= 15 is 0 Å². The Bertz CT molecular complexity index is 317. The van der Waals surface area contributed by atoms with E-state index in [1.165, 1.54) is 0 Å². The van der Waals surface area contributed by atoms with Crippen molar-refractivity contribution in [2.45, 2.75) is 6.42 Å². The van der Waals surface area contributed by atoms with Crippen LogP contribution in [0.25, 0.3) is 0 Å². The maximum absolute atomic E-state index is 5.83. The normalized spacial score (nSPS) is 18.2. The Morgan fingerprint density at radius 1 is 1.47 bits per heavy atom. The van der Waals surface area contributed by atoms with Crippen LogP contribution in [-0.4, -0.2) is 47.5 Å². The van der Waals surface area contributed by atoms with E-state index in [0.717, 1.165) is 50.7 Å². The van der Waals surface area contributed by atoms with Crippen LogP contribution in [0.15, 0.2) is 6.20 Å². The third-order valence-electron chi connectivity index (χ3n) is 2.71. The summed E-state index contributed by atoms with van der Waals surface area (Å²) in [5.74, 6) is 0. The minimum absolute atomic E-state index is 0.797. The van der Waals surface area contributed by atoms with Gasteiger partial charge in [-0.3, -0.25) is 9.58 Å². The first-order valence-corrected chi connectivity index (χ1v) is 5.34. The number of nitrogens with two attached hydrogens (primary N) is 1. The molecule has 0 aliphatic carbocycles. The van der Waals surface area contributed by atoms with Crippen molar-refractivity contribution in [1.29, 1.82) is 0 Å². The van der Waals surface area contributed by atoms with Crippen LogP contribution in [0, 0.1) is 0 Å². The van der Waals surface area contributed by atoms with E-state index in [0.29, 0.717) is 0 Å². The molecule has 1 aromatic heterocycles. The lowest BCUT2D eigenvalue weighted by molar-refractivity contribution is 0.0383. The largest absolute Gasteiger partial charge is 0.396 e. The summed E-state index contributed by atoms with van der Waals surface area (Å²) in [6, 6.07) is 0. The Morgan fingerprint density at radius 3 is 2.80 bits per heavy atom. The van der Waals surface area contributed by atoms with Crippen LogP contribution < -0.4 is 5.73 Å². The van der Waals surface area contributed by atoms with E-state index in [-0.39, 0.29) is 0 Å². The summed E-state index contributed by atoms with van der Waals surface area (Å²) in [5.41, 5.74) is 7.63. The fraction of sp³-hybridized carbons (Fsp3) is 0.700. The van der Waals surface area contributed by atoms with Gasteiger partial charge in [-0.05, 0) is 0 Å². The van der Waals surface area contributed by atoms with Crippen LogP contribution in [-0.2, 0) is 18.2 Å². The average molecular weight is 210 g/mol. The van der Waals surface area contributed by atoms with Gasteiger partial charge in [-0.1, -0.05) is 0 Å². The molecule has 2 rings (SSSR count). The summed E-state index contributed by atoms with van der Waals surface area (Å²) in [6.45, 7) is 4.75. The van der Waals surface area contributed by atoms with Crippen molar-refractivity contribution in [1.82, 2.24) is 14.7 Å². The van der Waals surface area contributed by atoms with Crippen LogP contribution >= 0.6 is 0 Å². The molecule has 15 heavy (non-hydrogen) atoms. The second-order valence-corrected chi connectivity index (χ2v) is 3.91. The number of hydrogen-bond acceptors (Lipinski definition) is 4. The van der Waals surface area contributed by atoms with E-state index in [1.807, 2.05) is 13.2 Å². The predicted octanol–water partition coefficient (Wildman–Crippen LogP) is -0.123. The third-order valence-corrected chi connectivity index (χ3v) is 2.71. The van der Waals surface area contributed by atoms with Gasteiger partial charge in [0.05, 0.1) is 24.6 Å². The van der Waals surface area contributed by atoms with Gasteiger partial charge in [-0.25, -0.2) is 0 Å². The summed E-state index contributed by atoms with van der Waals surface area (Å²) in [4.78, 5) is 2.39. The van der Waals surface area contributed by atoms with Crippen molar-refractivity contribution in [2.24, 2.45) is 7.05 Å². The van der Waals surface area contributed by atoms with Crippen molar-refractivity contribution in [3.05, 3.63) is 11.9 Å². The number of aryl methyl sites for hydroxylation is 1. The predicted molar refractivity (Wildman–Crippen MR) is 58.6 cm³/mol. The first-order valence-electron chi connectivity index (χ1n) is 5.34. The molecule has 1 aromatic rings. The molecule has 0 spiro atoms. The highest BCUT2D eigenvalue weighted by Crippen LogP contribution is 2.09. The number of nitrogen functional groups attached to an aromatic ring is 1. The van der Waals surface area contributed by atoms with Crippen molar-refractivity contribution in [2.75, 3.05) is 38.6 Å². The standard InChI is InChI=1S/C10H18N4O/c1-13-8-9(11)10(12-13)2-3-14-4-6-15-7-5-14/h8H,2-7,11H2,1H3. The molecule has 0 bridgehead atoms. The average Bonchev–Trinajstić information content (AvgIpc) is 2.56. The van der Waals surface area contributed by atoms with Crippen molar-refractivity contribution < 1.29 is 4.74 Å². The number of morpholine rings is 1. The van der Waals surface area contributed by atoms with E-state index in [9.17, 15) is 0 Å². The van der Waals surface area contributed by atoms with Crippen molar-refractivity contribution in [3.8, 4) is 0 Å². The van der Waals surface area contributed by atoms with Gasteiger partial charge in [0.15, 0.2) is 0 Å². The van der Waals surface area contributed by atoms with E-state index in [1.54, 1.807) is 4.68 Å². The van der Waals surface area contributed by atoms with Gasteiger partial charge in [-0.15, -0.1) is 0 Å². The number of nitrogens with zero attached hydrogens (tertiary/aromatic N) is 3. The molecule has 2 heterocycles. The number of anilines is 1. The Morgan fingerprint density at radius 2 is 2.20 bits per heavy atom. The van der Waals surface area contributed by atoms with E-state index in [4.69, 9.17) is 10.5 Å². The zero-order chi connectivity index (χ0) is 10.7. The highest BCUT2D eigenvalue weighted by molar-refractivity contribution is 5.40. The minimum atomic E-state index is 0.797. The monoisotopic (exact) mass is 210 g/mol. The lowest BCUT2D eigenvalue weighted by Gasteiger charge is -2.26. The zero-order valence-electron chi connectivity index (χ0n) is 9.15. The van der Waals surface area contributed by atoms with E-state index in [2.05, 4.69) is 10.00 Å². The Kier molecular flexibility index (Phi) is 3.23. The number of rotatable bonds is 3. The molecule has 0 radical (unpaired) electrons. The Hall–Kier alpha value is -1.07. The summed E-state index contributed by atoms with van der Waals surface area (Å²) >= 11 is 0. The summed E-state index contributed by atoms with van der Waals surface area (Å²) in [7, 11) is 1.90. The van der Waals surface area contributed by atoms with Crippen LogP contribution in [0.3, 0.4) is 0 Å². The molecule has 0 unspecified atom stereocenters. The van der Waals surface area contributed by atoms with Gasteiger partial charge in [-0.2, -0.15) is 5.10 Å². The highest BCUT2D eigenvalue weighted by Gasteiger charge is 2.11. The summed E-state index contributed by atoms with van der Waals surface area (Å²) < 4.78 is 7.06. The Labute approximate surface area is 89.8 Å². The van der Waals surface area contributed by atoms with Crippen LogP contribution in [0.5, 0.6) is 0 Å². The Balaban J connectivity index is 1.84. The van der Waals surface area contributed by atoms with Crippen LogP contribution in [0.4, 0.5) is 5.69 Å². The smallest absolute Gasteiger partial charge is 0.0866 e. The molecule has 2 N–H and O–H groups in total. The highest BCUT2D eigenvalue weighted by atomic mass is 16.5. The molecule has 0 saturated carbocycles. The summed E-state index contributed by atoms with van der Waals surface area (Å²) in [6.07, 6.45) is 2.78. The molecular weight excluding hydrogens is 192 g/mol. The molecule has 5 nitrogen and oxygen atoms in total. The SMILES string of the molecule is Cn1cc(N)c(CCN2CCOCC2)n1. The maximum atomic E-state index is 5.83. The molecule has 0 amide bonds. The first-order chi connectivity index (χ1) is 7.25. The lowest BCUT2D eigenvalue weighted by Crippen LogP contribution is -2.37. The van der Waals surface area contributed by atoms with Crippen molar-refractivity contribution >= 4 is 5.69 Å². The van der Waals surface area contributed by atoms with Gasteiger partial charge in [0.2, 0.25) is 0 Å². The topological polar surface area (TPSA) is 56.3 Å². The lowest BCUT2D eigenvalue weighted by atomic mass is 10.2. The molecule has 1 fully saturated rings. The zero-order valence-corrected chi connectivity index (χ0v) is 9.15. The fourth-order valence-electron chi connectivity index (χ4n) is 1.84.